The van der Waals surface area contributed by atoms with Crippen molar-refractivity contribution in [2.45, 2.75) is 13.5 Å². The summed E-state index contributed by atoms with van der Waals surface area (Å²) in [6.07, 6.45) is 0. The minimum atomic E-state index is -0.348. The monoisotopic (exact) mass is 378 g/mol. The number of hydrogen-bond donors (Lipinski definition) is 2. The Morgan fingerprint density at radius 2 is 2.05 bits per heavy atom. The summed E-state index contributed by atoms with van der Waals surface area (Å²) in [6, 6.07) is 13.1. The molecule has 2 rings (SSSR count). The number of halogens is 1. The summed E-state index contributed by atoms with van der Waals surface area (Å²) in [7, 11) is 0. The van der Waals surface area contributed by atoms with Gasteiger partial charge in [-0.15, -0.1) is 0 Å². The zero-order valence-corrected chi connectivity index (χ0v) is 14.3. The summed E-state index contributed by atoms with van der Waals surface area (Å²) in [5.74, 6) is 0.314. The lowest BCUT2D eigenvalue weighted by atomic mass is 10.1. The molecular weight excluding hydrogens is 364 g/mol. The maximum atomic E-state index is 11.8. The Bertz CT molecular complexity index is 719. The van der Waals surface area contributed by atoms with Gasteiger partial charge in [0.2, 0.25) is 0 Å². The zero-order valence-electron chi connectivity index (χ0n) is 11.9. The first kappa shape index (κ1) is 16.5. The normalized spacial score (nSPS) is 10.1. The highest BCUT2D eigenvalue weighted by Crippen LogP contribution is 2.27. The molecule has 0 aliphatic heterocycles. The third-order valence-corrected chi connectivity index (χ3v) is 3.80. The van der Waals surface area contributed by atoms with Gasteiger partial charge in [0, 0.05) is 5.56 Å². The standard InChI is InChI=1S/C16H15BrN2O2S/c1-10-4-2-3-5-12(10)9-21-14-7-6-11(8-13(14)17)15(20)19-16(18)22/h2-8H,9H2,1H3,(H3,18,19,20,22). The fraction of sp³-hybridized carbons (Fsp3) is 0.125. The Hall–Kier alpha value is -1.92. The van der Waals surface area contributed by atoms with Crippen LogP contribution >= 0.6 is 28.1 Å². The molecule has 114 valence electrons. The van der Waals surface area contributed by atoms with Gasteiger partial charge in [0.15, 0.2) is 5.11 Å². The van der Waals surface area contributed by atoms with E-state index in [0.29, 0.717) is 22.4 Å². The Labute approximate surface area is 142 Å². The van der Waals surface area contributed by atoms with Crippen LogP contribution in [-0.4, -0.2) is 11.0 Å². The third-order valence-electron chi connectivity index (χ3n) is 3.08. The van der Waals surface area contributed by atoms with Gasteiger partial charge in [-0.3, -0.25) is 10.1 Å². The van der Waals surface area contributed by atoms with Crippen LogP contribution in [0.4, 0.5) is 0 Å². The second-order valence-corrected chi connectivity index (χ2v) is 5.97. The molecule has 6 heteroatoms. The van der Waals surface area contributed by atoms with Crippen LogP contribution in [0, 0.1) is 6.92 Å². The largest absolute Gasteiger partial charge is 0.488 e. The number of nitrogens with two attached hydrogens (primary N) is 1. The summed E-state index contributed by atoms with van der Waals surface area (Å²) >= 11 is 8.05. The molecule has 0 unspecified atom stereocenters. The highest BCUT2D eigenvalue weighted by Gasteiger charge is 2.10. The number of hydrogen-bond acceptors (Lipinski definition) is 3. The molecule has 0 aliphatic carbocycles. The number of carbonyl (C=O) groups is 1. The Morgan fingerprint density at radius 3 is 2.68 bits per heavy atom. The second kappa shape index (κ2) is 7.38. The van der Waals surface area contributed by atoms with Crippen LogP contribution in [0.25, 0.3) is 0 Å². The van der Waals surface area contributed by atoms with E-state index in [2.05, 4.69) is 33.5 Å². The number of rotatable bonds is 4. The number of nitrogens with one attached hydrogen (secondary N) is 1. The minimum Gasteiger partial charge on any atom is -0.488 e. The van der Waals surface area contributed by atoms with Crippen molar-refractivity contribution in [3.63, 3.8) is 0 Å². The number of ether oxygens (including phenoxy) is 1. The topological polar surface area (TPSA) is 64.3 Å². The van der Waals surface area contributed by atoms with Gasteiger partial charge in [0.05, 0.1) is 4.47 Å². The number of thiocarbonyl (C=S) groups is 1. The molecule has 22 heavy (non-hydrogen) atoms. The molecule has 0 aliphatic rings. The van der Waals surface area contributed by atoms with Crippen molar-refractivity contribution in [2.24, 2.45) is 5.73 Å². The summed E-state index contributed by atoms with van der Waals surface area (Å²) in [5, 5.41) is 2.33. The predicted molar refractivity (Wildman–Crippen MR) is 93.9 cm³/mol. The van der Waals surface area contributed by atoms with Crippen LogP contribution in [0.3, 0.4) is 0 Å². The van der Waals surface area contributed by atoms with E-state index in [1.807, 2.05) is 31.2 Å². The molecule has 0 aromatic heterocycles. The number of benzene rings is 2. The summed E-state index contributed by atoms with van der Waals surface area (Å²) in [4.78, 5) is 11.8. The van der Waals surface area contributed by atoms with E-state index in [9.17, 15) is 4.79 Å². The van der Waals surface area contributed by atoms with Crippen LogP contribution in [0.15, 0.2) is 46.9 Å². The van der Waals surface area contributed by atoms with E-state index in [1.165, 1.54) is 5.56 Å². The average molecular weight is 379 g/mol. The van der Waals surface area contributed by atoms with Crippen LogP contribution in [-0.2, 0) is 6.61 Å². The minimum absolute atomic E-state index is 0.0546. The van der Waals surface area contributed by atoms with Gasteiger partial charge < -0.3 is 10.5 Å². The number of aryl methyl sites for hydroxylation is 1. The first-order chi connectivity index (χ1) is 10.5. The van der Waals surface area contributed by atoms with E-state index < -0.39 is 0 Å². The van der Waals surface area contributed by atoms with Gasteiger partial charge in [-0.1, -0.05) is 24.3 Å². The van der Waals surface area contributed by atoms with Gasteiger partial charge in [-0.2, -0.15) is 0 Å². The predicted octanol–water partition coefficient (Wildman–Crippen LogP) is 3.31. The van der Waals surface area contributed by atoms with Crippen molar-refractivity contribution >= 4 is 39.2 Å². The highest BCUT2D eigenvalue weighted by atomic mass is 79.9. The van der Waals surface area contributed by atoms with Gasteiger partial charge in [0.1, 0.15) is 12.4 Å². The fourth-order valence-corrected chi connectivity index (χ4v) is 2.46. The van der Waals surface area contributed by atoms with Crippen LogP contribution in [0.1, 0.15) is 21.5 Å². The molecule has 0 spiro atoms. The molecule has 2 aromatic rings. The van der Waals surface area contributed by atoms with Crippen molar-refractivity contribution in [3.8, 4) is 5.75 Å². The van der Waals surface area contributed by atoms with Crippen LogP contribution in [0.2, 0.25) is 0 Å². The van der Waals surface area contributed by atoms with E-state index >= 15 is 0 Å². The SMILES string of the molecule is Cc1ccccc1COc1ccc(C(=O)NC(N)=S)cc1Br. The molecule has 0 atom stereocenters. The van der Waals surface area contributed by atoms with Crippen LogP contribution < -0.4 is 15.8 Å². The number of carbonyl (C=O) groups excluding carboxylic acids is 1. The van der Waals surface area contributed by atoms with Crippen molar-refractivity contribution < 1.29 is 9.53 Å². The van der Waals surface area contributed by atoms with E-state index in [0.717, 1.165) is 5.56 Å². The molecule has 0 saturated heterocycles. The molecule has 0 bridgehead atoms. The van der Waals surface area contributed by atoms with Gasteiger partial charge in [0.25, 0.3) is 5.91 Å². The van der Waals surface area contributed by atoms with Gasteiger partial charge >= 0.3 is 0 Å². The molecule has 0 saturated carbocycles. The first-order valence-corrected chi connectivity index (χ1v) is 7.75. The smallest absolute Gasteiger partial charge is 0.257 e. The molecule has 0 heterocycles. The number of amides is 1. The molecular formula is C16H15BrN2O2S. The maximum Gasteiger partial charge on any atom is 0.257 e. The molecule has 3 N–H and O–H groups in total. The zero-order chi connectivity index (χ0) is 16.1. The molecule has 1 amide bonds. The summed E-state index contributed by atoms with van der Waals surface area (Å²) in [5.41, 5.74) is 8.02. The lowest BCUT2D eigenvalue weighted by Gasteiger charge is -2.11. The lowest BCUT2D eigenvalue weighted by Crippen LogP contribution is -2.34. The van der Waals surface area contributed by atoms with Crippen molar-refractivity contribution in [2.75, 3.05) is 0 Å². The Morgan fingerprint density at radius 1 is 1.32 bits per heavy atom. The van der Waals surface area contributed by atoms with Gasteiger partial charge in [-0.05, 0) is 64.4 Å². The first-order valence-electron chi connectivity index (χ1n) is 6.55. The molecule has 0 fully saturated rings. The van der Waals surface area contributed by atoms with E-state index in [4.69, 9.17) is 10.5 Å². The van der Waals surface area contributed by atoms with Crippen molar-refractivity contribution in [1.82, 2.24) is 5.32 Å². The van der Waals surface area contributed by atoms with Crippen molar-refractivity contribution in [1.29, 1.82) is 0 Å². The van der Waals surface area contributed by atoms with Crippen LogP contribution in [0.5, 0.6) is 5.75 Å². The molecule has 4 nitrogen and oxygen atoms in total. The van der Waals surface area contributed by atoms with E-state index in [-0.39, 0.29) is 11.0 Å². The van der Waals surface area contributed by atoms with E-state index in [1.54, 1.807) is 18.2 Å². The fourth-order valence-electron chi connectivity index (χ4n) is 1.87. The lowest BCUT2D eigenvalue weighted by molar-refractivity contribution is 0.0977. The highest BCUT2D eigenvalue weighted by molar-refractivity contribution is 9.10. The quantitative estimate of drug-likeness (QED) is 0.801. The maximum absolute atomic E-state index is 11.8. The molecule has 0 radical (unpaired) electrons. The summed E-state index contributed by atoms with van der Waals surface area (Å²) in [6.45, 7) is 2.50. The summed E-state index contributed by atoms with van der Waals surface area (Å²) < 4.78 is 6.48. The van der Waals surface area contributed by atoms with Crippen molar-refractivity contribution in [3.05, 3.63) is 63.6 Å². The Kier molecular flexibility index (Phi) is 5.51. The Balaban J connectivity index is 2.08. The third kappa shape index (κ3) is 4.29. The average Bonchev–Trinajstić information content (AvgIpc) is 2.46. The molecule has 2 aromatic carbocycles. The van der Waals surface area contributed by atoms with Gasteiger partial charge in [-0.25, -0.2) is 0 Å². The second-order valence-electron chi connectivity index (χ2n) is 4.68.